The van der Waals surface area contributed by atoms with Crippen LogP contribution >= 0.6 is 0 Å². The Kier molecular flexibility index (Phi) is 3.49. The van der Waals surface area contributed by atoms with Gasteiger partial charge in [0.2, 0.25) is 0 Å². The Morgan fingerprint density at radius 1 is 1.38 bits per heavy atom. The van der Waals surface area contributed by atoms with Gasteiger partial charge in [0, 0.05) is 6.04 Å². The van der Waals surface area contributed by atoms with Crippen LogP contribution in [0, 0.1) is 0 Å². The molecule has 1 aliphatic heterocycles. The first kappa shape index (κ1) is 13.2. The molecule has 6 nitrogen and oxygen atoms in total. The topological polar surface area (TPSA) is 98.5 Å². The van der Waals surface area contributed by atoms with Crippen molar-refractivity contribution in [3.8, 4) is 0 Å². The van der Waals surface area contributed by atoms with Crippen molar-refractivity contribution in [2.45, 2.75) is 38.5 Å². The van der Waals surface area contributed by atoms with E-state index >= 15 is 0 Å². The molecule has 0 aromatic carbocycles. The first-order chi connectivity index (χ1) is 7.09. The van der Waals surface area contributed by atoms with Crippen LogP contribution in [-0.4, -0.2) is 43.7 Å². The normalized spacial score (nSPS) is 28.8. The standard InChI is InChI=1S/C9H18N2O4S/c1-9(2,3)15-8(12)11-7-5-16(13,14)4-6(7)10/h6-7H,4-5,10H2,1-3H3,(H,11,12)/t6-,7-/m0/s1. The zero-order valence-electron chi connectivity index (χ0n) is 9.69. The number of nitrogens with one attached hydrogen (secondary N) is 1. The number of amides is 1. The van der Waals surface area contributed by atoms with Crippen molar-refractivity contribution < 1.29 is 17.9 Å². The van der Waals surface area contributed by atoms with Crippen molar-refractivity contribution in [1.29, 1.82) is 0 Å². The fourth-order valence-electron chi connectivity index (χ4n) is 1.48. The Balaban J connectivity index is 2.53. The van der Waals surface area contributed by atoms with Crippen molar-refractivity contribution in [2.75, 3.05) is 11.5 Å². The minimum atomic E-state index is -3.13. The highest BCUT2D eigenvalue weighted by Crippen LogP contribution is 2.12. The van der Waals surface area contributed by atoms with Gasteiger partial charge in [-0.1, -0.05) is 0 Å². The van der Waals surface area contributed by atoms with Crippen LogP contribution in [-0.2, 0) is 14.6 Å². The summed E-state index contributed by atoms with van der Waals surface area (Å²) in [4.78, 5) is 11.4. The molecule has 1 fully saturated rings. The van der Waals surface area contributed by atoms with E-state index in [1.54, 1.807) is 20.8 Å². The zero-order chi connectivity index (χ0) is 12.6. The maximum absolute atomic E-state index is 11.4. The number of sulfone groups is 1. The summed E-state index contributed by atoms with van der Waals surface area (Å²) < 4.78 is 27.5. The van der Waals surface area contributed by atoms with E-state index in [0.717, 1.165) is 0 Å². The quantitative estimate of drug-likeness (QED) is 0.662. The highest BCUT2D eigenvalue weighted by Gasteiger charge is 2.36. The third kappa shape index (κ3) is 3.97. The van der Waals surface area contributed by atoms with E-state index in [1.165, 1.54) is 0 Å². The monoisotopic (exact) mass is 250 g/mol. The minimum absolute atomic E-state index is 0.0898. The molecule has 0 aromatic heterocycles. The molecule has 0 unspecified atom stereocenters. The molecule has 0 aromatic rings. The highest BCUT2D eigenvalue weighted by atomic mass is 32.2. The molecule has 1 rings (SSSR count). The number of hydrogen-bond acceptors (Lipinski definition) is 5. The number of nitrogens with two attached hydrogens (primary N) is 1. The smallest absolute Gasteiger partial charge is 0.407 e. The molecular formula is C9H18N2O4S. The lowest BCUT2D eigenvalue weighted by atomic mass is 10.2. The lowest BCUT2D eigenvalue weighted by Crippen LogP contribution is -2.48. The van der Waals surface area contributed by atoms with Gasteiger partial charge in [-0.25, -0.2) is 13.2 Å². The SMILES string of the molecule is CC(C)(C)OC(=O)N[C@H]1CS(=O)(=O)C[C@@H]1N. The van der Waals surface area contributed by atoms with Gasteiger partial charge in [0.1, 0.15) is 5.60 Å². The molecule has 1 aliphatic rings. The molecule has 1 amide bonds. The second kappa shape index (κ2) is 4.21. The van der Waals surface area contributed by atoms with Crippen molar-refractivity contribution in [3.63, 3.8) is 0 Å². The van der Waals surface area contributed by atoms with Crippen molar-refractivity contribution in [2.24, 2.45) is 5.73 Å². The van der Waals surface area contributed by atoms with Gasteiger partial charge in [-0.15, -0.1) is 0 Å². The van der Waals surface area contributed by atoms with Gasteiger partial charge >= 0.3 is 6.09 Å². The van der Waals surface area contributed by atoms with Gasteiger partial charge in [-0.2, -0.15) is 0 Å². The van der Waals surface area contributed by atoms with Crippen LogP contribution in [0.5, 0.6) is 0 Å². The van der Waals surface area contributed by atoms with Gasteiger partial charge in [-0.3, -0.25) is 0 Å². The molecule has 3 N–H and O–H groups in total. The lowest BCUT2D eigenvalue weighted by molar-refractivity contribution is 0.0506. The zero-order valence-corrected chi connectivity index (χ0v) is 10.5. The summed E-state index contributed by atoms with van der Waals surface area (Å²) in [5.41, 5.74) is 5.01. The first-order valence-electron chi connectivity index (χ1n) is 5.04. The molecule has 1 saturated heterocycles. The Hall–Kier alpha value is -0.820. The number of rotatable bonds is 1. The van der Waals surface area contributed by atoms with Crippen LogP contribution in [0.25, 0.3) is 0 Å². The van der Waals surface area contributed by atoms with Crippen LogP contribution in [0.15, 0.2) is 0 Å². The minimum Gasteiger partial charge on any atom is -0.444 e. The summed E-state index contributed by atoms with van der Waals surface area (Å²) in [6.45, 7) is 5.20. The van der Waals surface area contributed by atoms with Gasteiger partial charge in [0.05, 0.1) is 17.5 Å². The number of hydrogen-bond donors (Lipinski definition) is 2. The third-order valence-electron chi connectivity index (χ3n) is 2.10. The third-order valence-corrected chi connectivity index (χ3v) is 3.86. The van der Waals surface area contributed by atoms with E-state index in [2.05, 4.69) is 5.32 Å². The summed E-state index contributed by atoms with van der Waals surface area (Å²) in [6.07, 6.45) is -0.634. The summed E-state index contributed by atoms with van der Waals surface area (Å²) in [5.74, 6) is -0.207. The summed E-state index contributed by atoms with van der Waals surface area (Å²) in [7, 11) is -3.13. The van der Waals surface area contributed by atoms with E-state index in [4.69, 9.17) is 10.5 Å². The van der Waals surface area contributed by atoms with Crippen molar-refractivity contribution in [3.05, 3.63) is 0 Å². The largest absolute Gasteiger partial charge is 0.444 e. The van der Waals surface area contributed by atoms with Gasteiger partial charge < -0.3 is 15.8 Å². The van der Waals surface area contributed by atoms with Crippen LogP contribution < -0.4 is 11.1 Å². The summed E-state index contributed by atoms with van der Waals surface area (Å²) >= 11 is 0. The van der Waals surface area contributed by atoms with Gasteiger partial charge in [-0.05, 0) is 20.8 Å². The Labute approximate surface area is 95.4 Å². The van der Waals surface area contributed by atoms with Crippen LogP contribution in [0.3, 0.4) is 0 Å². The fourth-order valence-corrected chi connectivity index (χ4v) is 3.31. The second-order valence-electron chi connectivity index (χ2n) is 4.99. The molecule has 94 valence electrons. The predicted octanol–water partition coefficient (Wildman–Crippen LogP) is -0.365. The second-order valence-corrected chi connectivity index (χ2v) is 7.15. The maximum Gasteiger partial charge on any atom is 0.407 e. The molecule has 2 atom stereocenters. The van der Waals surface area contributed by atoms with E-state index in [0.29, 0.717) is 0 Å². The van der Waals surface area contributed by atoms with E-state index in [1.807, 2.05) is 0 Å². The maximum atomic E-state index is 11.4. The number of alkyl carbamates (subject to hydrolysis) is 1. The summed E-state index contributed by atoms with van der Waals surface area (Å²) in [6, 6.07) is -1.11. The molecule has 0 aliphatic carbocycles. The van der Waals surface area contributed by atoms with Crippen molar-refractivity contribution >= 4 is 15.9 Å². The number of ether oxygens (including phenoxy) is 1. The Morgan fingerprint density at radius 3 is 2.31 bits per heavy atom. The molecule has 0 saturated carbocycles. The Bertz CT molecular complexity index is 371. The lowest BCUT2D eigenvalue weighted by Gasteiger charge is -2.22. The van der Waals surface area contributed by atoms with Crippen LogP contribution in [0.2, 0.25) is 0 Å². The first-order valence-corrected chi connectivity index (χ1v) is 6.87. The average Bonchev–Trinajstić information content (AvgIpc) is 2.19. The van der Waals surface area contributed by atoms with E-state index in [9.17, 15) is 13.2 Å². The van der Waals surface area contributed by atoms with E-state index in [-0.39, 0.29) is 11.5 Å². The predicted molar refractivity (Wildman–Crippen MR) is 59.8 cm³/mol. The highest BCUT2D eigenvalue weighted by molar-refractivity contribution is 7.91. The van der Waals surface area contributed by atoms with Crippen LogP contribution in [0.1, 0.15) is 20.8 Å². The average molecular weight is 250 g/mol. The van der Waals surface area contributed by atoms with Gasteiger partial charge in [0.15, 0.2) is 9.84 Å². The van der Waals surface area contributed by atoms with Crippen LogP contribution in [0.4, 0.5) is 4.79 Å². The molecular weight excluding hydrogens is 232 g/mol. The molecule has 7 heteroatoms. The fraction of sp³-hybridized carbons (Fsp3) is 0.889. The Morgan fingerprint density at radius 2 is 1.94 bits per heavy atom. The number of carbonyl (C=O) groups is 1. The van der Waals surface area contributed by atoms with Crippen molar-refractivity contribution in [1.82, 2.24) is 5.32 Å². The summed E-state index contributed by atoms with van der Waals surface area (Å²) in [5, 5.41) is 2.48. The molecule has 16 heavy (non-hydrogen) atoms. The van der Waals surface area contributed by atoms with Gasteiger partial charge in [0.25, 0.3) is 0 Å². The molecule has 1 heterocycles. The molecule has 0 spiro atoms. The van der Waals surface area contributed by atoms with E-state index < -0.39 is 33.6 Å². The molecule has 0 bridgehead atoms. The number of carbonyl (C=O) groups excluding carboxylic acids is 1. The molecule has 0 radical (unpaired) electrons.